The van der Waals surface area contributed by atoms with Crippen LogP contribution in [-0.4, -0.2) is 30.8 Å². The molecule has 14 heavy (non-hydrogen) atoms. The summed E-state index contributed by atoms with van der Waals surface area (Å²) < 4.78 is 4.14. The minimum Gasteiger partial charge on any atom is -0.466 e. The lowest BCUT2D eigenvalue weighted by Gasteiger charge is -1.96. The second kappa shape index (κ2) is 9.47. The van der Waals surface area contributed by atoms with Gasteiger partial charge in [-0.25, -0.2) is 4.79 Å². The minimum atomic E-state index is -0.394. The summed E-state index contributed by atoms with van der Waals surface area (Å²) >= 11 is 0. The summed E-state index contributed by atoms with van der Waals surface area (Å²) in [5.74, 6) is -0.706. The number of aliphatic hydroxyl groups is 1. The number of esters is 1. The molecule has 0 saturated carbocycles. The first kappa shape index (κ1) is 14.9. The van der Waals surface area contributed by atoms with Gasteiger partial charge in [-0.1, -0.05) is 13.2 Å². The van der Waals surface area contributed by atoms with Crippen molar-refractivity contribution in [1.82, 2.24) is 5.32 Å². The van der Waals surface area contributed by atoms with Crippen LogP contribution in [0.2, 0.25) is 0 Å². The van der Waals surface area contributed by atoms with Crippen molar-refractivity contribution in [3.05, 3.63) is 24.8 Å². The van der Waals surface area contributed by atoms with E-state index in [0.717, 1.165) is 6.08 Å². The summed E-state index contributed by atoms with van der Waals surface area (Å²) in [5.41, 5.74) is 0.402. The second-order valence-electron chi connectivity index (χ2n) is 2.17. The third-order valence-corrected chi connectivity index (χ3v) is 0.995. The van der Waals surface area contributed by atoms with Gasteiger partial charge in [-0.3, -0.25) is 4.79 Å². The van der Waals surface area contributed by atoms with Crippen LogP contribution in [0, 0.1) is 0 Å². The maximum absolute atomic E-state index is 10.4. The number of ether oxygens (including phenoxy) is 1. The van der Waals surface area contributed by atoms with Crippen LogP contribution in [0.3, 0.4) is 0 Å². The molecule has 0 unspecified atom stereocenters. The Kier molecular flexibility index (Phi) is 10.1. The second-order valence-corrected chi connectivity index (χ2v) is 2.17. The first-order chi connectivity index (χ1) is 6.49. The standard InChI is InChI=1S/C5H9NO2.C4H6O2/c1-4(2)5(8)6-3-7;1-3-4(5)6-2/h7H,1,3H2,2H3,(H,6,8);3H,1H2,2H3. The average Bonchev–Trinajstić information content (AvgIpc) is 2.18. The predicted molar refractivity (Wildman–Crippen MR) is 52.3 cm³/mol. The van der Waals surface area contributed by atoms with Gasteiger partial charge in [0.25, 0.3) is 0 Å². The molecule has 1 amide bonds. The van der Waals surface area contributed by atoms with E-state index in [1.807, 2.05) is 0 Å². The topological polar surface area (TPSA) is 75.6 Å². The van der Waals surface area contributed by atoms with Crippen molar-refractivity contribution in [2.45, 2.75) is 6.92 Å². The summed E-state index contributed by atoms with van der Waals surface area (Å²) in [6.07, 6.45) is 1.11. The summed E-state index contributed by atoms with van der Waals surface area (Å²) in [7, 11) is 1.31. The monoisotopic (exact) mass is 201 g/mol. The van der Waals surface area contributed by atoms with Crippen molar-refractivity contribution < 1.29 is 19.4 Å². The molecule has 0 aliphatic heterocycles. The molecule has 0 rings (SSSR count). The predicted octanol–water partition coefficient (Wildman–Crippen LogP) is -0.0261. The fourth-order valence-electron chi connectivity index (χ4n) is 0.306. The highest BCUT2D eigenvalue weighted by atomic mass is 16.5. The molecule has 0 aliphatic carbocycles. The molecule has 5 nitrogen and oxygen atoms in total. The van der Waals surface area contributed by atoms with Gasteiger partial charge in [0.1, 0.15) is 6.73 Å². The van der Waals surface area contributed by atoms with Crippen molar-refractivity contribution >= 4 is 11.9 Å². The first-order valence-corrected chi connectivity index (χ1v) is 3.74. The highest BCUT2D eigenvalue weighted by Crippen LogP contribution is 1.82. The summed E-state index contributed by atoms with van der Waals surface area (Å²) in [6, 6.07) is 0. The molecule has 2 N–H and O–H groups in total. The molecule has 0 atom stereocenters. The van der Waals surface area contributed by atoms with Crippen molar-refractivity contribution in [1.29, 1.82) is 0 Å². The Hall–Kier alpha value is -1.62. The van der Waals surface area contributed by atoms with E-state index in [1.165, 1.54) is 7.11 Å². The number of rotatable bonds is 3. The maximum atomic E-state index is 10.4. The maximum Gasteiger partial charge on any atom is 0.329 e. The van der Waals surface area contributed by atoms with Gasteiger partial charge in [0.05, 0.1) is 7.11 Å². The summed E-state index contributed by atoms with van der Waals surface area (Å²) in [5, 5.41) is 10.3. The van der Waals surface area contributed by atoms with Gasteiger partial charge in [-0.05, 0) is 6.92 Å². The number of amides is 1. The van der Waals surface area contributed by atoms with E-state index in [0.29, 0.717) is 5.57 Å². The van der Waals surface area contributed by atoms with E-state index < -0.39 is 5.97 Å². The molecular formula is C9H15NO4. The van der Waals surface area contributed by atoms with Crippen LogP contribution < -0.4 is 5.32 Å². The molecule has 0 saturated heterocycles. The van der Waals surface area contributed by atoms with Gasteiger partial charge >= 0.3 is 5.97 Å². The van der Waals surface area contributed by atoms with E-state index in [2.05, 4.69) is 23.2 Å². The number of hydrogen-bond acceptors (Lipinski definition) is 4. The van der Waals surface area contributed by atoms with Crippen LogP contribution in [0.15, 0.2) is 24.8 Å². The zero-order valence-electron chi connectivity index (χ0n) is 8.37. The lowest BCUT2D eigenvalue weighted by molar-refractivity contribution is -0.134. The SMILES string of the molecule is C=C(C)C(=O)NCO.C=CC(=O)OC. The first-order valence-electron chi connectivity index (χ1n) is 3.74. The quantitative estimate of drug-likeness (QED) is 0.382. The van der Waals surface area contributed by atoms with E-state index >= 15 is 0 Å². The lowest BCUT2D eigenvalue weighted by Crippen LogP contribution is -2.24. The van der Waals surface area contributed by atoms with E-state index in [-0.39, 0.29) is 12.6 Å². The Morgan fingerprint density at radius 3 is 2.14 bits per heavy atom. The molecule has 0 spiro atoms. The third-order valence-electron chi connectivity index (χ3n) is 0.995. The van der Waals surface area contributed by atoms with Crippen LogP contribution in [0.1, 0.15) is 6.92 Å². The molecule has 0 radical (unpaired) electrons. The van der Waals surface area contributed by atoms with E-state index in [4.69, 9.17) is 5.11 Å². The van der Waals surface area contributed by atoms with E-state index in [9.17, 15) is 9.59 Å². The molecular weight excluding hydrogens is 186 g/mol. The van der Waals surface area contributed by atoms with Crippen molar-refractivity contribution in [3.63, 3.8) is 0 Å². The number of carbonyl (C=O) groups is 2. The third kappa shape index (κ3) is 10.4. The fraction of sp³-hybridized carbons (Fsp3) is 0.333. The van der Waals surface area contributed by atoms with Gasteiger partial charge < -0.3 is 15.2 Å². The van der Waals surface area contributed by atoms with Gasteiger partial charge in [0.2, 0.25) is 5.91 Å². The Labute approximate surface area is 83.1 Å². The normalized spacial score (nSPS) is 7.64. The Balaban J connectivity index is 0. The molecule has 0 aromatic carbocycles. The van der Waals surface area contributed by atoms with Crippen molar-refractivity contribution in [2.75, 3.05) is 13.8 Å². The fourth-order valence-corrected chi connectivity index (χ4v) is 0.306. The van der Waals surface area contributed by atoms with Crippen LogP contribution in [0.4, 0.5) is 0 Å². The molecule has 80 valence electrons. The number of aliphatic hydroxyl groups excluding tert-OH is 1. The van der Waals surface area contributed by atoms with Crippen molar-refractivity contribution in [3.8, 4) is 0 Å². The molecule has 0 aromatic rings. The minimum absolute atomic E-state index is 0.312. The molecule has 5 heteroatoms. The molecule has 0 heterocycles. The largest absolute Gasteiger partial charge is 0.466 e. The van der Waals surface area contributed by atoms with Crippen LogP contribution in [0.5, 0.6) is 0 Å². The summed E-state index contributed by atoms with van der Waals surface area (Å²) in [4.78, 5) is 20.2. The van der Waals surface area contributed by atoms with Crippen LogP contribution in [0.25, 0.3) is 0 Å². The lowest BCUT2D eigenvalue weighted by atomic mass is 10.3. The van der Waals surface area contributed by atoms with Gasteiger partial charge in [-0.15, -0.1) is 0 Å². The van der Waals surface area contributed by atoms with E-state index in [1.54, 1.807) is 6.92 Å². The van der Waals surface area contributed by atoms with Gasteiger partial charge in [-0.2, -0.15) is 0 Å². The number of carbonyl (C=O) groups excluding carboxylic acids is 2. The Morgan fingerprint density at radius 1 is 1.57 bits per heavy atom. The highest BCUT2D eigenvalue weighted by molar-refractivity contribution is 5.91. The number of nitrogens with one attached hydrogen (secondary N) is 1. The molecule has 0 bridgehead atoms. The molecule has 0 fully saturated rings. The summed E-state index contributed by atoms with van der Waals surface area (Å²) in [6.45, 7) is 7.75. The van der Waals surface area contributed by atoms with Crippen LogP contribution in [-0.2, 0) is 14.3 Å². The zero-order valence-corrected chi connectivity index (χ0v) is 8.37. The number of hydrogen-bond donors (Lipinski definition) is 2. The Bertz CT molecular complexity index is 223. The van der Waals surface area contributed by atoms with Gasteiger partial charge in [0, 0.05) is 11.6 Å². The zero-order chi connectivity index (χ0) is 11.6. The number of methoxy groups -OCH3 is 1. The Morgan fingerprint density at radius 2 is 2.07 bits per heavy atom. The smallest absolute Gasteiger partial charge is 0.329 e. The van der Waals surface area contributed by atoms with Gasteiger partial charge in [0.15, 0.2) is 0 Å². The molecule has 0 aliphatic rings. The molecule has 0 aromatic heterocycles. The highest BCUT2D eigenvalue weighted by Gasteiger charge is 1.95. The van der Waals surface area contributed by atoms with Crippen molar-refractivity contribution in [2.24, 2.45) is 0 Å². The van der Waals surface area contributed by atoms with Crippen LogP contribution >= 0.6 is 0 Å². The average molecular weight is 201 g/mol.